The fourth-order valence-electron chi connectivity index (χ4n) is 6.32. The van der Waals surface area contributed by atoms with Gasteiger partial charge in [0, 0.05) is 24.0 Å². The molecule has 7 rings (SSSR count). The summed E-state index contributed by atoms with van der Waals surface area (Å²) in [4.78, 5) is 32.5. The van der Waals surface area contributed by atoms with Crippen LogP contribution in [0.2, 0.25) is 0 Å². The van der Waals surface area contributed by atoms with Crippen LogP contribution in [0.1, 0.15) is 95.2 Å². The smallest absolute Gasteiger partial charge is 0.273 e. The molecule has 3 aliphatic heterocycles. The average molecular weight is 493 g/mol. The van der Waals surface area contributed by atoms with Crippen molar-refractivity contribution in [1.29, 1.82) is 0 Å². The van der Waals surface area contributed by atoms with E-state index in [1.54, 1.807) is 0 Å². The Hall–Kier alpha value is -3.29. The number of nitrogens with zero attached hydrogens (tertiary/aromatic N) is 2. The minimum absolute atomic E-state index is 0.0521. The van der Waals surface area contributed by atoms with Gasteiger partial charge < -0.3 is 11.1 Å². The van der Waals surface area contributed by atoms with Crippen LogP contribution in [0.25, 0.3) is 0 Å². The van der Waals surface area contributed by atoms with Gasteiger partial charge in [0.2, 0.25) is 5.91 Å². The third kappa shape index (κ3) is 3.96. The SMILES string of the molecule is NC1=NC2CCCCc3ccc4c(c3)C(CC4)NC(=O)c3ccc4c(c3)[C@@H](CCC4(F)F)N1C(=O)C2. The summed E-state index contributed by atoms with van der Waals surface area (Å²) in [5.74, 6) is -3.46. The third-order valence-corrected chi connectivity index (χ3v) is 8.20. The Morgan fingerprint density at radius 2 is 1.86 bits per heavy atom. The number of halogens is 2. The molecule has 3 N–H and O–H groups in total. The summed E-state index contributed by atoms with van der Waals surface area (Å²) in [6.45, 7) is 0. The number of alkyl halides is 2. The zero-order valence-electron chi connectivity index (χ0n) is 20.1. The van der Waals surface area contributed by atoms with E-state index in [2.05, 4.69) is 28.5 Å². The van der Waals surface area contributed by atoms with Crippen molar-refractivity contribution in [1.82, 2.24) is 10.2 Å². The Bertz CT molecular complexity index is 1270. The summed E-state index contributed by atoms with van der Waals surface area (Å²) in [6, 6.07) is 9.84. The quantitative estimate of drug-likeness (QED) is 0.560. The van der Waals surface area contributed by atoms with Gasteiger partial charge in [0.15, 0.2) is 5.96 Å². The lowest BCUT2D eigenvalue weighted by Crippen LogP contribution is -2.50. The lowest BCUT2D eigenvalue weighted by atomic mass is 9.82. The van der Waals surface area contributed by atoms with E-state index in [-0.39, 0.29) is 53.8 Å². The molecule has 2 aromatic carbocycles. The first-order chi connectivity index (χ1) is 17.3. The summed E-state index contributed by atoms with van der Waals surface area (Å²) in [7, 11) is 0. The van der Waals surface area contributed by atoms with Crippen LogP contribution < -0.4 is 11.1 Å². The van der Waals surface area contributed by atoms with Gasteiger partial charge in [-0.2, -0.15) is 0 Å². The fourth-order valence-corrected chi connectivity index (χ4v) is 6.32. The monoisotopic (exact) mass is 492 g/mol. The molecule has 0 aromatic heterocycles. The highest BCUT2D eigenvalue weighted by atomic mass is 19.3. The average Bonchev–Trinajstić information content (AvgIpc) is 3.24. The summed E-state index contributed by atoms with van der Waals surface area (Å²) >= 11 is 0. The molecule has 188 valence electrons. The fraction of sp³-hybridized carbons (Fsp3) is 0.464. The summed E-state index contributed by atoms with van der Waals surface area (Å²) < 4.78 is 29.8. The highest BCUT2D eigenvalue weighted by Crippen LogP contribution is 2.47. The summed E-state index contributed by atoms with van der Waals surface area (Å²) in [5.41, 5.74) is 10.3. The minimum Gasteiger partial charge on any atom is -0.369 e. The number of benzene rings is 2. The van der Waals surface area contributed by atoms with Crippen LogP contribution in [-0.2, 0) is 23.6 Å². The van der Waals surface area contributed by atoms with Crippen LogP contribution in [0, 0.1) is 0 Å². The maximum Gasteiger partial charge on any atom is 0.273 e. The highest BCUT2D eigenvalue weighted by molar-refractivity contribution is 5.99. The molecule has 0 saturated heterocycles. The molecular formula is C28H30F2N4O2. The first-order valence-electron chi connectivity index (χ1n) is 12.9. The molecule has 3 atom stereocenters. The molecule has 0 radical (unpaired) electrons. The van der Waals surface area contributed by atoms with Crippen LogP contribution in [0.4, 0.5) is 8.78 Å². The number of carbonyl (C=O) groups is 2. The van der Waals surface area contributed by atoms with E-state index in [1.165, 1.54) is 34.2 Å². The number of fused-ring (bicyclic) bond motifs is 5. The minimum atomic E-state index is -3.04. The number of nitrogens with one attached hydrogen (secondary N) is 1. The van der Waals surface area contributed by atoms with E-state index in [4.69, 9.17) is 5.73 Å². The molecule has 2 unspecified atom stereocenters. The second-order valence-electron chi connectivity index (χ2n) is 10.5. The van der Waals surface area contributed by atoms with Crippen LogP contribution in [-0.4, -0.2) is 28.7 Å². The number of carbonyl (C=O) groups excluding carboxylic acids is 2. The van der Waals surface area contributed by atoms with Crippen molar-refractivity contribution in [3.05, 3.63) is 69.8 Å². The van der Waals surface area contributed by atoms with E-state index >= 15 is 0 Å². The van der Waals surface area contributed by atoms with Crippen LogP contribution in [0.5, 0.6) is 0 Å². The normalized spacial score (nSPS) is 27.2. The number of guanidine groups is 1. The molecule has 6 nitrogen and oxygen atoms in total. The number of hydrogen-bond donors (Lipinski definition) is 2. The predicted octanol–water partition coefficient (Wildman–Crippen LogP) is 4.67. The second kappa shape index (κ2) is 8.68. The van der Waals surface area contributed by atoms with Gasteiger partial charge in [-0.15, -0.1) is 0 Å². The molecule has 36 heavy (non-hydrogen) atoms. The Labute approximate surface area is 209 Å². The van der Waals surface area contributed by atoms with Crippen molar-refractivity contribution in [3.8, 4) is 0 Å². The van der Waals surface area contributed by atoms with Gasteiger partial charge in [0.05, 0.1) is 18.1 Å². The largest absolute Gasteiger partial charge is 0.369 e. The van der Waals surface area contributed by atoms with Crippen LogP contribution in [0.15, 0.2) is 41.4 Å². The van der Waals surface area contributed by atoms with Gasteiger partial charge in [-0.3, -0.25) is 14.5 Å². The van der Waals surface area contributed by atoms with Crippen molar-refractivity contribution in [2.75, 3.05) is 0 Å². The highest BCUT2D eigenvalue weighted by Gasteiger charge is 2.45. The molecular weight excluding hydrogens is 462 g/mol. The first-order valence-corrected chi connectivity index (χ1v) is 12.9. The molecule has 8 heteroatoms. The van der Waals surface area contributed by atoms with Gasteiger partial charge >= 0.3 is 0 Å². The van der Waals surface area contributed by atoms with Gasteiger partial charge in [-0.1, -0.05) is 30.7 Å². The molecule has 5 aliphatic rings. The van der Waals surface area contributed by atoms with Crippen molar-refractivity contribution in [2.45, 2.75) is 81.8 Å². The van der Waals surface area contributed by atoms with Crippen molar-refractivity contribution in [3.63, 3.8) is 0 Å². The van der Waals surface area contributed by atoms with Gasteiger partial charge in [0.1, 0.15) is 0 Å². The topological polar surface area (TPSA) is 87.8 Å². The lowest BCUT2D eigenvalue weighted by molar-refractivity contribution is -0.131. The van der Waals surface area contributed by atoms with E-state index in [1.807, 2.05) is 0 Å². The number of aliphatic imine (C=N–C) groups is 1. The van der Waals surface area contributed by atoms with E-state index in [0.717, 1.165) is 44.1 Å². The van der Waals surface area contributed by atoms with Crippen LogP contribution >= 0.6 is 0 Å². The molecule has 2 aliphatic carbocycles. The Morgan fingerprint density at radius 3 is 2.69 bits per heavy atom. The zero-order chi connectivity index (χ0) is 25.0. The van der Waals surface area contributed by atoms with Crippen molar-refractivity contribution in [2.24, 2.45) is 10.7 Å². The lowest BCUT2D eigenvalue weighted by Gasteiger charge is -2.40. The summed E-state index contributed by atoms with van der Waals surface area (Å²) in [6.07, 6.45) is 5.13. The van der Waals surface area contributed by atoms with E-state index in [0.29, 0.717) is 5.56 Å². The van der Waals surface area contributed by atoms with Gasteiger partial charge in [0.25, 0.3) is 11.8 Å². The van der Waals surface area contributed by atoms with Crippen molar-refractivity contribution < 1.29 is 18.4 Å². The second-order valence-corrected chi connectivity index (χ2v) is 10.5. The molecule has 2 amide bonds. The maximum absolute atomic E-state index is 14.9. The molecule has 6 bridgehead atoms. The molecule has 0 fully saturated rings. The standard InChI is InChI=1S/C28H30F2N4O2/c29-28(30)12-11-24-21-14-18(7-9-22(21)28)26(36)33-23-10-8-17-6-5-16(13-20(17)23)3-1-2-4-19-15-25(35)34(24)27(31)32-19/h5-7,9,13-14,19,23-24H,1-4,8,10-12,15H2,(H2,31,32)(H,33,36)/t19?,23?,24-/m1/s1. The van der Waals surface area contributed by atoms with Crippen molar-refractivity contribution >= 4 is 17.8 Å². The number of hydrogen-bond acceptors (Lipinski definition) is 4. The molecule has 0 spiro atoms. The number of aryl methyl sites for hydroxylation is 2. The summed E-state index contributed by atoms with van der Waals surface area (Å²) in [5, 5.41) is 3.13. The number of amides is 2. The first kappa shape index (κ1) is 23.1. The van der Waals surface area contributed by atoms with Gasteiger partial charge in [-0.25, -0.2) is 13.8 Å². The Morgan fingerprint density at radius 1 is 1.00 bits per heavy atom. The van der Waals surface area contributed by atoms with E-state index < -0.39 is 18.4 Å². The van der Waals surface area contributed by atoms with Gasteiger partial charge in [-0.05, 0) is 72.9 Å². The molecule has 0 saturated carbocycles. The zero-order valence-corrected chi connectivity index (χ0v) is 20.1. The Balaban J connectivity index is 1.43. The number of nitrogens with two attached hydrogens (primary N) is 1. The third-order valence-electron chi connectivity index (χ3n) is 8.20. The van der Waals surface area contributed by atoms with Crippen LogP contribution in [0.3, 0.4) is 0 Å². The molecule has 3 heterocycles. The Kier molecular flexibility index (Phi) is 5.57. The van der Waals surface area contributed by atoms with E-state index in [9.17, 15) is 18.4 Å². The molecule has 2 aromatic rings. The maximum atomic E-state index is 14.9. The number of rotatable bonds is 0. The predicted molar refractivity (Wildman–Crippen MR) is 132 cm³/mol.